The Labute approximate surface area is 116 Å². The summed E-state index contributed by atoms with van der Waals surface area (Å²) in [4.78, 5) is 0.781. The van der Waals surface area contributed by atoms with E-state index in [9.17, 15) is 0 Å². The van der Waals surface area contributed by atoms with Crippen LogP contribution in [0.5, 0.6) is 0 Å². The Morgan fingerprint density at radius 1 is 0.882 bits per heavy atom. The Morgan fingerprint density at radius 3 is 2.06 bits per heavy atom. The van der Waals surface area contributed by atoms with E-state index in [1.807, 2.05) is 37.3 Å². The van der Waals surface area contributed by atoms with Crippen LogP contribution in [-0.2, 0) is 0 Å². The van der Waals surface area contributed by atoms with E-state index < -0.39 is 0 Å². The first-order valence-corrected chi connectivity index (χ1v) is 6.31. The lowest BCUT2D eigenvalue weighted by Crippen LogP contribution is -1.99. The number of hydrogen-bond acceptors (Lipinski definition) is 1. The molecular formula is C14H10Cl2S. The highest BCUT2D eigenvalue weighted by atomic mass is 35.5. The molecule has 0 aliphatic heterocycles. The highest BCUT2D eigenvalue weighted by Crippen LogP contribution is 2.24. The molecule has 0 aliphatic rings. The van der Waals surface area contributed by atoms with Crippen LogP contribution in [0.2, 0.25) is 10.0 Å². The number of rotatable bonds is 2. The van der Waals surface area contributed by atoms with E-state index in [1.54, 1.807) is 12.1 Å². The molecule has 0 atom stereocenters. The van der Waals surface area contributed by atoms with Gasteiger partial charge < -0.3 is 0 Å². The maximum atomic E-state index is 5.98. The molecule has 2 aromatic carbocycles. The molecule has 0 radical (unpaired) electrons. The fourth-order valence-corrected chi connectivity index (χ4v) is 2.07. The highest BCUT2D eigenvalue weighted by Gasteiger charge is 2.06. The van der Waals surface area contributed by atoms with E-state index in [0.717, 1.165) is 16.0 Å². The molecule has 2 aromatic rings. The molecule has 0 saturated carbocycles. The fraction of sp³-hybridized carbons (Fsp3) is 0.0714. The third kappa shape index (κ3) is 2.86. The van der Waals surface area contributed by atoms with Crippen molar-refractivity contribution in [3.63, 3.8) is 0 Å². The Bertz CT molecular complexity index is 559. The molecule has 86 valence electrons. The molecule has 0 spiro atoms. The van der Waals surface area contributed by atoms with Gasteiger partial charge in [0, 0.05) is 0 Å². The second-order valence-corrected chi connectivity index (χ2v) is 5.05. The Balaban J connectivity index is 2.37. The summed E-state index contributed by atoms with van der Waals surface area (Å²) in [6, 6.07) is 13.6. The first-order chi connectivity index (χ1) is 8.08. The minimum absolute atomic E-state index is 0.527. The van der Waals surface area contributed by atoms with Crippen molar-refractivity contribution < 1.29 is 0 Å². The molecular weight excluding hydrogens is 271 g/mol. The van der Waals surface area contributed by atoms with Gasteiger partial charge in [0.1, 0.15) is 0 Å². The summed E-state index contributed by atoms with van der Waals surface area (Å²) in [5.41, 5.74) is 3.15. The van der Waals surface area contributed by atoms with Gasteiger partial charge in [0.2, 0.25) is 0 Å². The van der Waals surface area contributed by atoms with E-state index in [1.165, 1.54) is 5.56 Å². The largest absolute Gasteiger partial charge is 0.0827 e. The van der Waals surface area contributed by atoms with Crippen molar-refractivity contribution in [2.75, 3.05) is 0 Å². The molecule has 17 heavy (non-hydrogen) atoms. The second-order valence-electron chi connectivity index (χ2n) is 3.82. The number of benzene rings is 2. The van der Waals surface area contributed by atoms with Crippen molar-refractivity contribution in [1.29, 1.82) is 0 Å². The van der Waals surface area contributed by atoms with Crippen molar-refractivity contribution in [3.05, 3.63) is 69.2 Å². The Kier molecular flexibility index (Phi) is 3.82. The van der Waals surface area contributed by atoms with Crippen molar-refractivity contribution in [2.24, 2.45) is 0 Å². The maximum Gasteiger partial charge on any atom is 0.0598 e. The molecule has 0 aliphatic carbocycles. The maximum absolute atomic E-state index is 5.98. The Hall–Kier alpha value is -0.890. The van der Waals surface area contributed by atoms with E-state index in [4.69, 9.17) is 35.4 Å². The third-order valence-corrected chi connectivity index (χ3v) is 3.71. The zero-order valence-corrected chi connectivity index (χ0v) is 11.5. The van der Waals surface area contributed by atoms with Crippen LogP contribution in [0.25, 0.3) is 0 Å². The summed E-state index contributed by atoms with van der Waals surface area (Å²) in [6.45, 7) is 2.05. The summed E-state index contributed by atoms with van der Waals surface area (Å²) in [5.74, 6) is 0. The monoisotopic (exact) mass is 280 g/mol. The van der Waals surface area contributed by atoms with Gasteiger partial charge in [-0.05, 0) is 30.2 Å². The molecule has 0 nitrogen and oxygen atoms in total. The summed E-state index contributed by atoms with van der Waals surface area (Å²) in [7, 11) is 0. The van der Waals surface area contributed by atoms with Gasteiger partial charge in [0.05, 0.1) is 14.9 Å². The SMILES string of the molecule is Cc1ccc(C(=S)c2ccc(Cl)c(Cl)c2)cc1. The van der Waals surface area contributed by atoms with Gasteiger partial charge >= 0.3 is 0 Å². The van der Waals surface area contributed by atoms with Crippen molar-refractivity contribution >= 4 is 40.3 Å². The molecule has 0 aromatic heterocycles. The average molecular weight is 281 g/mol. The van der Waals surface area contributed by atoms with Gasteiger partial charge in [-0.1, -0.05) is 71.3 Å². The van der Waals surface area contributed by atoms with Gasteiger partial charge in [-0.2, -0.15) is 0 Å². The lowest BCUT2D eigenvalue weighted by atomic mass is 10.0. The van der Waals surface area contributed by atoms with Gasteiger partial charge in [-0.15, -0.1) is 0 Å². The van der Waals surface area contributed by atoms with Crippen LogP contribution in [0.15, 0.2) is 42.5 Å². The van der Waals surface area contributed by atoms with Crippen molar-refractivity contribution in [2.45, 2.75) is 6.92 Å². The lowest BCUT2D eigenvalue weighted by Gasteiger charge is -2.06. The average Bonchev–Trinajstić information content (AvgIpc) is 2.33. The Morgan fingerprint density at radius 2 is 1.47 bits per heavy atom. The molecule has 3 heteroatoms. The van der Waals surface area contributed by atoms with Gasteiger partial charge in [0.15, 0.2) is 0 Å². The van der Waals surface area contributed by atoms with Crippen LogP contribution in [0.3, 0.4) is 0 Å². The van der Waals surface area contributed by atoms with Gasteiger partial charge in [-0.25, -0.2) is 0 Å². The quantitative estimate of drug-likeness (QED) is 0.547. The number of thiocarbonyl (C=S) groups is 1. The molecule has 0 N–H and O–H groups in total. The molecule has 0 amide bonds. The topological polar surface area (TPSA) is 0 Å². The molecule has 0 bridgehead atoms. The number of hydrogen-bond donors (Lipinski definition) is 0. The van der Waals surface area contributed by atoms with Gasteiger partial charge in [-0.3, -0.25) is 0 Å². The summed E-state index contributed by atoms with van der Waals surface area (Å²) in [6.07, 6.45) is 0. The second kappa shape index (κ2) is 5.18. The van der Waals surface area contributed by atoms with E-state index in [0.29, 0.717) is 10.0 Å². The first kappa shape index (κ1) is 12.6. The number of aryl methyl sites for hydroxylation is 1. The minimum atomic E-state index is 0.527. The van der Waals surface area contributed by atoms with Gasteiger partial charge in [0.25, 0.3) is 0 Å². The van der Waals surface area contributed by atoms with Crippen LogP contribution in [0.1, 0.15) is 16.7 Å². The molecule has 0 saturated heterocycles. The number of halogens is 2. The summed E-state index contributed by atoms with van der Waals surface area (Å²) >= 11 is 17.3. The lowest BCUT2D eigenvalue weighted by molar-refractivity contribution is 1.46. The third-order valence-electron chi connectivity index (χ3n) is 2.50. The van der Waals surface area contributed by atoms with Crippen LogP contribution < -0.4 is 0 Å². The predicted octanol–water partition coefficient (Wildman–Crippen LogP) is 5.07. The van der Waals surface area contributed by atoms with E-state index in [2.05, 4.69) is 0 Å². The normalized spacial score (nSPS) is 10.3. The minimum Gasteiger partial charge on any atom is -0.0827 e. The van der Waals surface area contributed by atoms with E-state index >= 15 is 0 Å². The smallest absolute Gasteiger partial charge is 0.0598 e. The van der Waals surface area contributed by atoms with Crippen LogP contribution >= 0.6 is 35.4 Å². The molecule has 2 rings (SSSR count). The zero-order chi connectivity index (χ0) is 12.4. The zero-order valence-electron chi connectivity index (χ0n) is 9.21. The van der Waals surface area contributed by atoms with E-state index in [-0.39, 0.29) is 0 Å². The molecule has 0 fully saturated rings. The highest BCUT2D eigenvalue weighted by molar-refractivity contribution is 7.81. The summed E-state index contributed by atoms with van der Waals surface area (Å²) in [5, 5.41) is 1.07. The summed E-state index contributed by atoms with van der Waals surface area (Å²) < 4.78 is 0. The van der Waals surface area contributed by atoms with Crippen LogP contribution in [0.4, 0.5) is 0 Å². The fourth-order valence-electron chi connectivity index (χ4n) is 1.51. The van der Waals surface area contributed by atoms with Crippen molar-refractivity contribution in [1.82, 2.24) is 0 Å². The predicted molar refractivity (Wildman–Crippen MR) is 78.4 cm³/mol. The molecule has 0 unspecified atom stereocenters. The van der Waals surface area contributed by atoms with Crippen molar-refractivity contribution in [3.8, 4) is 0 Å². The van der Waals surface area contributed by atoms with Crippen LogP contribution in [-0.4, -0.2) is 4.86 Å². The molecule has 0 heterocycles. The first-order valence-electron chi connectivity index (χ1n) is 5.14. The van der Waals surface area contributed by atoms with Crippen LogP contribution in [0, 0.1) is 6.92 Å². The standard InChI is InChI=1S/C14H10Cl2S/c1-9-2-4-10(5-3-9)14(17)11-6-7-12(15)13(16)8-11/h2-8H,1H3.